The van der Waals surface area contributed by atoms with Crippen LogP contribution in [0.25, 0.3) is 11.0 Å². The minimum atomic E-state index is -0.862. The van der Waals surface area contributed by atoms with Gasteiger partial charge in [-0.05, 0) is 48.2 Å². The maximum Gasteiger partial charge on any atom is 0.309 e. The molecule has 0 spiro atoms. The molecule has 0 radical (unpaired) electrons. The summed E-state index contributed by atoms with van der Waals surface area (Å²) >= 11 is 0. The molecule has 3 unspecified atom stereocenters. The van der Waals surface area contributed by atoms with Crippen LogP contribution >= 0.6 is 0 Å². The van der Waals surface area contributed by atoms with Gasteiger partial charge in [-0.25, -0.2) is 4.98 Å². The van der Waals surface area contributed by atoms with E-state index in [4.69, 9.17) is 4.74 Å². The fourth-order valence-corrected chi connectivity index (χ4v) is 5.45. The maximum absolute atomic E-state index is 13.6. The third kappa shape index (κ3) is 5.96. The summed E-state index contributed by atoms with van der Waals surface area (Å²) < 4.78 is 5.33. The number of rotatable bonds is 12. The van der Waals surface area contributed by atoms with Crippen molar-refractivity contribution < 1.29 is 19.4 Å². The van der Waals surface area contributed by atoms with Crippen molar-refractivity contribution in [2.75, 3.05) is 33.3 Å². The van der Waals surface area contributed by atoms with E-state index in [1.165, 1.54) is 0 Å². The second-order valence-corrected chi connectivity index (χ2v) is 9.88. The van der Waals surface area contributed by atoms with Gasteiger partial charge in [0.2, 0.25) is 5.91 Å². The van der Waals surface area contributed by atoms with Crippen molar-refractivity contribution in [2.24, 2.45) is 5.92 Å². The summed E-state index contributed by atoms with van der Waals surface area (Å²) in [6.45, 7) is 6.39. The average Bonchev–Trinajstić information content (AvgIpc) is 3.53. The highest BCUT2D eigenvalue weighted by molar-refractivity contribution is 5.80. The van der Waals surface area contributed by atoms with Gasteiger partial charge in [0, 0.05) is 31.6 Å². The van der Waals surface area contributed by atoms with Crippen molar-refractivity contribution in [3.63, 3.8) is 0 Å². The van der Waals surface area contributed by atoms with Gasteiger partial charge in [-0.15, -0.1) is 0 Å². The number of aromatic amines is 1. The molecule has 1 aliphatic rings. The number of carbonyl (C=O) groups is 2. The van der Waals surface area contributed by atoms with Crippen LogP contribution in [0, 0.1) is 5.92 Å². The average molecular weight is 507 g/mol. The highest BCUT2D eigenvalue weighted by Gasteiger charge is 2.48. The number of hydrogen-bond acceptors (Lipinski definition) is 5. The fourth-order valence-electron chi connectivity index (χ4n) is 5.45. The van der Waals surface area contributed by atoms with Crippen LogP contribution in [0.5, 0.6) is 5.75 Å². The highest BCUT2D eigenvalue weighted by atomic mass is 16.5. The number of carboxylic acids is 1. The van der Waals surface area contributed by atoms with Crippen LogP contribution in [0.2, 0.25) is 0 Å². The van der Waals surface area contributed by atoms with Gasteiger partial charge < -0.3 is 19.7 Å². The molecular formula is C29H38N4O4. The molecule has 2 aromatic carbocycles. The van der Waals surface area contributed by atoms with Crippen LogP contribution in [0.15, 0.2) is 48.8 Å². The third-order valence-corrected chi connectivity index (χ3v) is 7.47. The summed E-state index contributed by atoms with van der Waals surface area (Å²) in [7, 11) is 1.61. The number of aliphatic carboxylic acids is 1. The van der Waals surface area contributed by atoms with Gasteiger partial charge in [-0.1, -0.05) is 44.9 Å². The summed E-state index contributed by atoms with van der Waals surface area (Å²) in [5, 5.41) is 10.5. The molecule has 1 saturated heterocycles. The van der Waals surface area contributed by atoms with Crippen LogP contribution in [0.3, 0.4) is 0 Å². The molecule has 8 nitrogen and oxygen atoms in total. The van der Waals surface area contributed by atoms with E-state index in [-0.39, 0.29) is 18.4 Å². The molecule has 0 aliphatic carbocycles. The normalized spacial score (nSPS) is 19.8. The lowest BCUT2D eigenvalue weighted by atomic mass is 9.82. The van der Waals surface area contributed by atoms with E-state index < -0.39 is 17.9 Å². The Balaban J connectivity index is 1.69. The van der Waals surface area contributed by atoms with Gasteiger partial charge >= 0.3 is 5.97 Å². The Labute approximate surface area is 218 Å². The number of carboxylic acid groups (broad SMARTS) is 1. The summed E-state index contributed by atoms with van der Waals surface area (Å²) in [5.74, 6) is -1.07. The van der Waals surface area contributed by atoms with Crippen LogP contribution in [0.1, 0.15) is 62.6 Å². The number of likely N-dealkylation sites (tertiary alicyclic amines) is 1. The molecular weight excluding hydrogens is 468 g/mol. The molecule has 2 N–H and O–H groups in total. The number of carbonyl (C=O) groups excluding carboxylic acids is 1. The Morgan fingerprint density at radius 2 is 1.76 bits per heavy atom. The van der Waals surface area contributed by atoms with Crippen molar-refractivity contribution in [1.29, 1.82) is 0 Å². The second-order valence-electron chi connectivity index (χ2n) is 9.88. The van der Waals surface area contributed by atoms with E-state index >= 15 is 0 Å². The number of imidazole rings is 1. The molecule has 3 aromatic rings. The second kappa shape index (κ2) is 12.2. The Bertz CT molecular complexity index is 1180. The number of unbranched alkanes of at least 4 members (excludes halogenated alkanes) is 2. The predicted molar refractivity (Wildman–Crippen MR) is 144 cm³/mol. The first-order chi connectivity index (χ1) is 18.0. The molecule has 0 saturated carbocycles. The Morgan fingerprint density at radius 3 is 2.38 bits per heavy atom. The molecule has 1 amide bonds. The summed E-state index contributed by atoms with van der Waals surface area (Å²) in [6.07, 6.45) is 5.61. The number of ether oxygens (including phenoxy) is 1. The minimum Gasteiger partial charge on any atom is -0.497 e. The SMILES string of the molecule is CCCCN(CCCC)C(=O)CN1CC(c2ccc3nc[nH]c3c2)C(C(=O)O)C1c1ccc(OC)cc1. The Morgan fingerprint density at radius 1 is 1.08 bits per heavy atom. The molecule has 4 rings (SSSR count). The largest absolute Gasteiger partial charge is 0.497 e. The van der Waals surface area contributed by atoms with Crippen LogP contribution < -0.4 is 4.74 Å². The lowest BCUT2D eigenvalue weighted by molar-refractivity contribution is -0.144. The van der Waals surface area contributed by atoms with E-state index in [1.807, 2.05) is 47.4 Å². The van der Waals surface area contributed by atoms with Gasteiger partial charge in [-0.2, -0.15) is 0 Å². The Hall–Kier alpha value is -3.39. The van der Waals surface area contributed by atoms with Gasteiger partial charge in [0.1, 0.15) is 5.75 Å². The van der Waals surface area contributed by atoms with Crippen LogP contribution in [-0.2, 0) is 9.59 Å². The zero-order valence-corrected chi connectivity index (χ0v) is 22.0. The van der Waals surface area contributed by atoms with Crippen LogP contribution in [0.4, 0.5) is 0 Å². The number of nitrogens with zero attached hydrogens (tertiary/aromatic N) is 3. The predicted octanol–water partition coefficient (Wildman–Crippen LogP) is 4.84. The van der Waals surface area contributed by atoms with E-state index in [0.29, 0.717) is 12.3 Å². The van der Waals surface area contributed by atoms with Crippen molar-refractivity contribution in [2.45, 2.75) is 51.5 Å². The summed E-state index contributed by atoms with van der Waals surface area (Å²) in [6, 6.07) is 13.0. The number of aromatic nitrogens is 2. The zero-order valence-electron chi connectivity index (χ0n) is 22.0. The summed E-state index contributed by atoms with van der Waals surface area (Å²) in [5.41, 5.74) is 3.53. The minimum absolute atomic E-state index is 0.0641. The fraction of sp³-hybridized carbons (Fsp3) is 0.483. The highest BCUT2D eigenvalue weighted by Crippen LogP contribution is 2.46. The van der Waals surface area contributed by atoms with E-state index in [1.54, 1.807) is 13.4 Å². The van der Waals surface area contributed by atoms with Gasteiger partial charge in [0.25, 0.3) is 0 Å². The monoisotopic (exact) mass is 506 g/mol. The van der Waals surface area contributed by atoms with E-state index in [0.717, 1.165) is 60.9 Å². The topological polar surface area (TPSA) is 98.8 Å². The standard InChI is InChI=1S/C29H38N4O4/c1-4-6-14-32(15-7-5-2)26(34)18-33-17-23(21-10-13-24-25(16-21)31-19-30-24)27(29(35)36)28(33)20-8-11-22(37-3)12-9-20/h8-13,16,19,23,27-28H,4-7,14-15,17-18H2,1-3H3,(H,30,31)(H,35,36). The first kappa shape index (κ1) is 26.7. The lowest BCUT2D eigenvalue weighted by Gasteiger charge is -2.30. The maximum atomic E-state index is 13.6. The Kier molecular flexibility index (Phi) is 8.82. The van der Waals surface area contributed by atoms with Crippen molar-refractivity contribution in [1.82, 2.24) is 19.8 Å². The first-order valence-corrected chi connectivity index (χ1v) is 13.3. The van der Waals surface area contributed by atoms with E-state index in [2.05, 4.69) is 28.7 Å². The van der Waals surface area contributed by atoms with Crippen molar-refractivity contribution >= 4 is 22.9 Å². The number of methoxy groups -OCH3 is 1. The number of hydrogen-bond donors (Lipinski definition) is 2. The van der Waals surface area contributed by atoms with Gasteiger partial charge in [0.15, 0.2) is 0 Å². The molecule has 37 heavy (non-hydrogen) atoms. The molecule has 1 fully saturated rings. The molecule has 3 atom stereocenters. The van der Waals surface area contributed by atoms with Gasteiger partial charge in [-0.3, -0.25) is 14.5 Å². The van der Waals surface area contributed by atoms with Crippen molar-refractivity contribution in [3.05, 3.63) is 59.9 Å². The molecule has 8 heteroatoms. The molecule has 198 valence electrons. The molecule has 1 aromatic heterocycles. The first-order valence-electron chi connectivity index (χ1n) is 13.3. The zero-order chi connectivity index (χ0) is 26.4. The molecule has 2 heterocycles. The van der Waals surface area contributed by atoms with E-state index in [9.17, 15) is 14.7 Å². The molecule has 0 bridgehead atoms. The number of amides is 1. The number of H-pyrrole nitrogens is 1. The molecule has 1 aliphatic heterocycles. The number of benzene rings is 2. The van der Waals surface area contributed by atoms with Crippen molar-refractivity contribution in [3.8, 4) is 5.75 Å². The van der Waals surface area contributed by atoms with Gasteiger partial charge in [0.05, 0.1) is 36.9 Å². The van der Waals surface area contributed by atoms with Crippen LogP contribution in [-0.4, -0.2) is 70.0 Å². The summed E-state index contributed by atoms with van der Waals surface area (Å²) in [4.78, 5) is 37.8. The number of fused-ring (bicyclic) bond motifs is 1. The lowest BCUT2D eigenvalue weighted by Crippen LogP contribution is -2.42. The quantitative estimate of drug-likeness (QED) is 0.365. The number of nitrogens with one attached hydrogen (secondary N) is 1. The smallest absolute Gasteiger partial charge is 0.309 e. The third-order valence-electron chi connectivity index (χ3n) is 7.47.